The molecule has 1 heterocycles. The highest BCUT2D eigenvalue weighted by Gasteiger charge is 2.73. The average molecular weight is 483 g/mol. The van der Waals surface area contributed by atoms with Crippen LogP contribution < -0.4 is 0 Å². The second-order valence-electron chi connectivity index (χ2n) is 10.5. The number of alkyl halides is 1. The Kier molecular flexibility index (Phi) is 5.72. The van der Waals surface area contributed by atoms with Gasteiger partial charge in [-0.05, 0) is 43.6 Å². The van der Waals surface area contributed by atoms with Crippen LogP contribution in [0.4, 0.5) is 0 Å². The molecular weight excluding hydrogens is 452 g/mol. The van der Waals surface area contributed by atoms with Crippen molar-refractivity contribution in [3.63, 3.8) is 0 Å². The summed E-state index contributed by atoms with van der Waals surface area (Å²) in [5.74, 6) is -2.94. The van der Waals surface area contributed by atoms with Gasteiger partial charge in [0.2, 0.25) is 0 Å². The minimum absolute atomic E-state index is 0.0533. The zero-order valence-electron chi connectivity index (χ0n) is 19.6. The van der Waals surface area contributed by atoms with Crippen molar-refractivity contribution >= 4 is 35.3 Å². The summed E-state index contributed by atoms with van der Waals surface area (Å²) >= 11 is 6.74. The van der Waals surface area contributed by atoms with Crippen LogP contribution in [0.25, 0.3) is 0 Å². The Morgan fingerprint density at radius 3 is 2.42 bits per heavy atom. The van der Waals surface area contributed by atoms with Crippen LogP contribution in [-0.4, -0.2) is 58.6 Å². The topological polar surface area (TPSA) is 116 Å². The van der Waals surface area contributed by atoms with Gasteiger partial charge in [0, 0.05) is 36.7 Å². The summed E-state index contributed by atoms with van der Waals surface area (Å²) in [6, 6.07) is 0. The van der Waals surface area contributed by atoms with E-state index in [2.05, 4.69) is 0 Å². The molecule has 8 nitrogen and oxygen atoms in total. The number of carbonyl (C=O) groups excluding carboxylic acids is 4. The van der Waals surface area contributed by atoms with Gasteiger partial charge in [-0.1, -0.05) is 13.8 Å². The van der Waals surface area contributed by atoms with Crippen LogP contribution in [0.15, 0.2) is 11.6 Å². The fraction of sp³-hybridized carbons (Fsp3) is 0.750. The number of halogens is 1. The maximum Gasteiger partial charge on any atom is 0.330 e. The zero-order valence-corrected chi connectivity index (χ0v) is 20.3. The molecule has 0 bridgehead atoms. The number of aliphatic hydroxyl groups is 1. The van der Waals surface area contributed by atoms with Crippen molar-refractivity contribution in [1.29, 1.82) is 0 Å². The lowest BCUT2D eigenvalue weighted by molar-refractivity contribution is -0.218. The van der Waals surface area contributed by atoms with Gasteiger partial charge in [-0.15, -0.1) is 11.6 Å². The zero-order chi connectivity index (χ0) is 24.5. The van der Waals surface area contributed by atoms with E-state index in [1.807, 2.05) is 13.8 Å². The summed E-state index contributed by atoms with van der Waals surface area (Å²) in [7, 11) is 0. The second kappa shape index (κ2) is 7.80. The molecule has 0 aromatic rings. The molecule has 0 aromatic heterocycles. The third-order valence-corrected chi connectivity index (χ3v) is 9.32. The quantitative estimate of drug-likeness (QED) is 0.370. The Balaban J connectivity index is 1.89. The Hall–Kier alpha value is -1.93. The molecule has 1 N–H and O–H groups in total. The largest absolute Gasteiger partial charge is 0.462 e. The molecule has 9 heteroatoms. The van der Waals surface area contributed by atoms with E-state index in [1.165, 1.54) is 26.8 Å². The van der Waals surface area contributed by atoms with Gasteiger partial charge in [0.1, 0.15) is 12.7 Å². The number of carbonyl (C=O) groups is 4. The highest BCUT2D eigenvalue weighted by atomic mass is 35.5. The molecule has 0 amide bonds. The third kappa shape index (κ3) is 3.27. The van der Waals surface area contributed by atoms with Crippen molar-refractivity contribution in [1.82, 2.24) is 0 Å². The number of Topliss-reactive ketones (excluding diaryl/α,β-unsaturated/α-hetero) is 1. The highest BCUT2D eigenvalue weighted by Crippen LogP contribution is 2.68. The van der Waals surface area contributed by atoms with Gasteiger partial charge in [0.05, 0.1) is 11.5 Å². The van der Waals surface area contributed by atoms with E-state index in [1.54, 1.807) is 0 Å². The molecule has 182 valence electrons. The molecule has 3 aliphatic carbocycles. The van der Waals surface area contributed by atoms with Crippen LogP contribution in [0.2, 0.25) is 0 Å². The number of ketones is 1. The number of ether oxygens (including phenoxy) is 3. The number of cyclic esters (lactones) is 1. The second-order valence-corrected chi connectivity index (χ2v) is 11.0. The standard InChI is InChI=1S/C24H31ClO8/c1-11(26)24(33-13(3)28)7-6-14-18-19(16(32-12(2)27)9-23(14,24)5)22(4)10-31-17(29)8-15(22)20(25)21(18)30/h8,14,16,18-21,30H,6-7,9-10H2,1-5H3/t14-,16?,18-,19-,20?,21-,22-,23-,24-/m0/s1. The first kappa shape index (κ1) is 24.2. The summed E-state index contributed by atoms with van der Waals surface area (Å²) < 4.78 is 17.0. The first-order chi connectivity index (χ1) is 15.3. The van der Waals surface area contributed by atoms with Gasteiger partial charge in [-0.2, -0.15) is 0 Å². The molecular formula is C24H31ClO8. The lowest BCUT2D eigenvalue weighted by atomic mass is 9.45. The molecule has 0 saturated heterocycles. The number of esters is 3. The van der Waals surface area contributed by atoms with Crippen LogP contribution in [0.3, 0.4) is 0 Å². The minimum Gasteiger partial charge on any atom is -0.462 e. The number of hydrogen-bond donors (Lipinski definition) is 1. The third-order valence-electron chi connectivity index (χ3n) is 8.83. The molecule has 0 spiro atoms. The van der Waals surface area contributed by atoms with Crippen molar-refractivity contribution in [2.24, 2.45) is 28.6 Å². The predicted octanol–water partition coefficient (Wildman–Crippen LogP) is 2.33. The normalized spacial score (nSPS) is 46.2. The fourth-order valence-corrected chi connectivity index (χ4v) is 8.10. The lowest BCUT2D eigenvalue weighted by Crippen LogP contribution is -2.67. The van der Waals surface area contributed by atoms with Crippen LogP contribution in [-0.2, 0) is 33.4 Å². The molecule has 4 aliphatic rings. The molecule has 2 unspecified atom stereocenters. The molecule has 3 fully saturated rings. The van der Waals surface area contributed by atoms with E-state index in [0.29, 0.717) is 18.4 Å². The van der Waals surface area contributed by atoms with E-state index in [4.69, 9.17) is 25.8 Å². The minimum atomic E-state index is -1.38. The van der Waals surface area contributed by atoms with E-state index < -0.39 is 63.8 Å². The maximum absolute atomic E-state index is 13.0. The molecule has 4 rings (SSSR count). The summed E-state index contributed by atoms with van der Waals surface area (Å²) in [5.41, 5.74) is -2.45. The number of aliphatic hydroxyl groups excluding tert-OH is 1. The van der Waals surface area contributed by atoms with Crippen LogP contribution >= 0.6 is 11.6 Å². The predicted molar refractivity (Wildman–Crippen MR) is 116 cm³/mol. The Labute approximate surface area is 198 Å². The van der Waals surface area contributed by atoms with Gasteiger partial charge < -0.3 is 19.3 Å². The van der Waals surface area contributed by atoms with Crippen molar-refractivity contribution in [3.05, 3.63) is 11.6 Å². The van der Waals surface area contributed by atoms with E-state index in [0.717, 1.165) is 0 Å². The van der Waals surface area contributed by atoms with Crippen molar-refractivity contribution < 1.29 is 38.5 Å². The summed E-state index contributed by atoms with van der Waals surface area (Å²) in [4.78, 5) is 49.2. The van der Waals surface area contributed by atoms with Gasteiger partial charge in [-0.25, -0.2) is 4.79 Å². The summed E-state index contributed by atoms with van der Waals surface area (Å²) in [6.45, 7) is 7.85. The van der Waals surface area contributed by atoms with Crippen LogP contribution in [0, 0.1) is 28.6 Å². The van der Waals surface area contributed by atoms with Gasteiger partial charge in [0.25, 0.3) is 0 Å². The van der Waals surface area contributed by atoms with Crippen LogP contribution in [0.1, 0.15) is 53.9 Å². The molecule has 9 atom stereocenters. The van der Waals surface area contributed by atoms with E-state index in [-0.39, 0.29) is 24.7 Å². The average Bonchev–Trinajstić information content (AvgIpc) is 2.99. The van der Waals surface area contributed by atoms with E-state index in [9.17, 15) is 24.3 Å². The first-order valence-corrected chi connectivity index (χ1v) is 11.8. The number of fused-ring (bicyclic) bond motifs is 5. The summed E-state index contributed by atoms with van der Waals surface area (Å²) in [6.07, 6.45) is 0.698. The Morgan fingerprint density at radius 2 is 1.85 bits per heavy atom. The van der Waals surface area contributed by atoms with Gasteiger partial charge in [-0.3, -0.25) is 14.4 Å². The van der Waals surface area contributed by atoms with Crippen LogP contribution in [0.5, 0.6) is 0 Å². The number of rotatable bonds is 3. The Bertz CT molecular complexity index is 945. The van der Waals surface area contributed by atoms with Crippen molar-refractivity contribution in [3.8, 4) is 0 Å². The highest BCUT2D eigenvalue weighted by molar-refractivity contribution is 6.23. The Morgan fingerprint density at radius 1 is 1.18 bits per heavy atom. The summed E-state index contributed by atoms with van der Waals surface area (Å²) in [5, 5.41) is 10.6. The van der Waals surface area contributed by atoms with Gasteiger partial charge in [0.15, 0.2) is 11.4 Å². The van der Waals surface area contributed by atoms with E-state index >= 15 is 0 Å². The molecule has 3 saturated carbocycles. The first-order valence-electron chi connectivity index (χ1n) is 11.4. The monoisotopic (exact) mass is 482 g/mol. The molecule has 1 aliphatic heterocycles. The lowest BCUT2D eigenvalue weighted by Gasteiger charge is -2.62. The van der Waals surface area contributed by atoms with Gasteiger partial charge >= 0.3 is 17.9 Å². The molecule has 0 aromatic carbocycles. The van der Waals surface area contributed by atoms with Crippen molar-refractivity contribution in [2.75, 3.05) is 6.61 Å². The molecule has 0 radical (unpaired) electrons. The maximum atomic E-state index is 13.0. The smallest absolute Gasteiger partial charge is 0.330 e. The molecule has 33 heavy (non-hydrogen) atoms. The van der Waals surface area contributed by atoms with Crippen molar-refractivity contribution in [2.45, 2.75) is 77.1 Å². The number of hydrogen-bond acceptors (Lipinski definition) is 8. The fourth-order valence-electron chi connectivity index (χ4n) is 7.62. The SMILES string of the molecule is CC(=O)OC1C[C@@]2(C)[C@@H](CC[C@]2(OC(C)=O)C(C)=O)[C@@H]2[C@H](O)C(Cl)C3=CC(=O)OC[C@]3(C)[C@@H]12.